The molecule has 1 aromatic rings. The van der Waals surface area contributed by atoms with E-state index in [9.17, 15) is 0 Å². The Bertz CT molecular complexity index is 282. The van der Waals surface area contributed by atoms with Crippen molar-refractivity contribution in [2.24, 2.45) is 0 Å². The van der Waals surface area contributed by atoms with Crippen LogP contribution in [0.25, 0.3) is 0 Å². The van der Waals surface area contributed by atoms with Gasteiger partial charge in [0, 0.05) is 26.7 Å². The number of ether oxygens (including phenoxy) is 1. The number of benzene rings is 1. The summed E-state index contributed by atoms with van der Waals surface area (Å²) in [7, 11) is 5.89. The Labute approximate surface area is 98.4 Å². The maximum atomic E-state index is 4.97. The van der Waals surface area contributed by atoms with Crippen LogP contribution in [0, 0.1) is 0 Å². The van der Waals surface area contributed by atoms with E-state index in [1.165, 1.54) is 11.1 Å². The van der Waals surface area contributed by atoms with Gasteiger partial charge in [0.2, 0.25) is 0 Å². The Hall–Kier alpha value is -0.900. The van der Waals surface area contributed by atoms with Crippen LogP contribution in [0.1, 0.15) is 11.1 Å². The SMILES string of the molecule is COCCNCc1ccc(CN(C)C)cc1. The largest absolute Gasteiger partial charge is 0.383 e. The normalized spacial score (nSPS) is 11.0. The maximum absolute atomic E-state index is 4.97. The van der Waals surface area contributed by atoms with Crippen molar-refractivity contribution in [2.75, 3.05) is 34.4 Å². The first-order valence-corrected chi connectivity index (χ1v) is 5.64. The molecule has 0 spiro atoms. The lowest BCUT2D eigenvalue weighted by molar-refractivity contribution is 0.199. The predicted octanol–water partition coefficient (Wildman–Crippen LogP) is 1.48. The van der Waals surface area contributed by atoms with Crippen LogP contribution < -0.4 is 5.32 Å². The van der Waals surface area contributed by atoms with Gasteiger partial charge in [0.15, 0.2) is 0 Å². The topological polar surface area (TPSA) is 24.5 Å². The molecular weight excluding hydrogens is 200 g/mol. The second-order valence-corrected chi connectivity index (χ2v) is 4.22. The highest BCUT2D eigenvalue weighted by molar-refractivity contribution is 5.22. The molecule has 3 heteroatoms. The minimum absolute atomic E-state index is 0.763. The van der Waals surface area contributed by atoms with Crippen molar-refractivity contribution in [3.05, 3.63) is 35.4 Å². The zero-order valence-electron chi connectivity index (χ0n) is 10.5. The van der Waals surface area contributed by atoms with E-state index in [-0.39, 0.29) is 0 Å². The zero-order chi connectivity index (χ0) is 11.8. The summed E-state index contributed by atoms with van der Waals surface area (Å²) >= 11 is 0. The first-order valence-electron chi connectivity index (χ1n) is 5.64. The molecule has 0 saturated carbocycles. The van der Waals surface area contributed by atoms with Gasteiger partial charge in [-0.2, -0.15) is 0 Å². The molecule has 1 rings (SSSR count). The highest BCUT2D eigenvalue weighted by atomic mass is 16.5. The highest BCUT2D eigenvalue weighted by Gasteiger charge is 1.96. The third kappa shape index (κ3) is 5.26. The number of hydrogen-bond acceptors (Lipinski definition) is 3. The molecule has 3 nitrogen and oxygen atoms in total. The van der Waals surface area contributed by atoms with Gasteiger partial charge in [0.1, 0.15) is 0 Å². The van der Waals surface area contributed by atoms with Crippen LogP contribution in [0.2, 0.25) is 0 Å². The van der Waals surface area contributed by atoms with Crippen molar-refractivity contribution in [1.29, 1.82) is 0 Å². The maximum Gasteiger partial charge on any atom is 0.0587 e. The fraction of sp³-hybridized carbons (Fsp3) is 0.538. The zero-order valence-corrected chi connectivity index (χ0v) is 10.5. The lowest BCUT2D eigenvalue weighted by Crippen LogP contribution is -2.18. The van der Waals surface area contributed by atoms with Gasteiger partial charge >= 0.3 is 0 Å². The highest BCUT2D eigenvalue weighted by Crippen LogP contribution is 2.05. The summed E-state index contributed by atoms with van der Waals surface area (Å²) in [5, 5.41) is 3.33. The minimum atomic E-state index is 0.763. The van der Waals surface area contributed by atoms with E-state index >= 15 is 0 Å². The number of nitrogens with one attached hydrogen (secondary N) is 1. The molecule has 1 aromatic carbocycles. The van der Waals surface area contributed by atoms with E-state index < -0.39 is 0 Å². The molecule has 0 atom stereocenters. The summed E-state index contributed by atoms with van der Waals surface area (Å²) in [5.41, 5.74) is 2.67. The lowest BCUT2D eigenvalue weighted by Gasteiger charge is -2.10. The van der Waals surface area contributed by atoms with Crippen LogP contribution in [0.5, 0.6) is 0 Å². The van der Waals surface area contributed by atoms with Gasteiger partial charge in [-0.15, -0.1) is 0 Å². The van der Waals surface area contributed by atoms with Crippen molar-refractivity contribution in [2.45, 2.75) is 13.1 Å². The third-order valence-electron chi connectivity index (χ3n) is 2.33. The molecule has 0 aliphatic heterocycles. The quantitative estimate of drug-likeness (QED) is 0.707. The molecule has 16 heavy (non-hydrogen) atoms. The Morgan fingerprint density at radius 1 is 1.12 bits per heavy atom. The van der Waals surface area contributed by atoms with Crippen molar-refractivity contribution in [3.63, 3.8) is 0 Å². The first kappa shape index (κ1) is 13.2. The van der Waals surface area contributed by atoms with Gasteiger partial charge in [-0.3, -0.25) is 0 Å². The molecule has 0 aromatic heterocycles. The van der Waals surface area contributed by atoms with Crippen molar-refractivity contribution >= 4 is 0 Å². The molecule has 1 N–H and O–H groups in total. The van der Waals surface area contributed by atoms with E-state index in [0.717, 1.165) is 26.2 Å². The monoisotopic (exact) mass is 222 g/mol. The first-order chi connectivity index (χ1) is 7.72. The van der Waals surface area contributed by atoms with Crippen LogP contribution in [-0.4, -0.2) is 39.3 Å². The van der Waals surface area contributed by atoms with Gasteiger partial charge in [-0.25, -0.2) is 0 Å². The molecule has 0 saturated heterocycles. The van der Waals surface area contributed by atoms with Gasteiger partial charge in [-0.1, -0.05) is 24.3 Å². The fourth-order valence-corrected chi connectivity index (χ4v) is 1.53. The molecular formula is C13H22N2O. The summed E-state index contributed by atoms with van der Waals surface area (Å²) in [6, 6.07) is 8.73. The van der Waals surface area contributed by atoms with Crippen molar-refractivity contribution in [1.82, 2.24) is 10.2 Å². The fourth-order valence-electron chi connectivity index (χ4n) is 1.53. The van der Waals surface area contributed by atoms with E-state index in [2.05, 4.69) is 48.6 Å². The van der Waals surface area contributed by atoms with E-state index in [4.69, 9.17) is 4.74 Å². The molecule has 90 valence electrons. The Morgan fingerprint density at radius 2 is 1.75 bits per heavy atom. The van der Waals surface area contributed by atoms with Crippen molar-refractivity contribution < 1.29 is 4.74 Å². The lowest BCUT2D eigenvalue weighted by atomic mass is 10.1. The minimum Gasteiger partial charge on any atom is -0.383 e. The van der Waals surface area contributed by atoms with Crippen LogP contribution in [0.4, 0.5) is 0 Å². The average molecular weight is 222 g/mol. The standard InChI is InChI=1S/C13H22N2O/c1-15(2)11-13-6-4-12(5-7-13)10-14-8-9-16-3/h4-7,14H,8-11H2,1-3H3. The van der Waals surface area contributed by atoms with Gasteiger partial charge in [0.05, 0.1) is 6.61 Å². The van der Waals surface area contributed by atoms with Gasteiger partial charge in [-0.05, 0) is 25.2 Å². The summed E-state index contributed by atoms with van der Waals surface area (Å²) in [6.07, 6.45) is 0. The van der Waals surface area contributed by atoms with E-state index in [1.54, 1.807) is 7.11 Å². The summed E-state index contributed by atoms with van der Waals surface area (Å²) in [5.74, 6) is 0. The van der Waals surface area contributed by atoms with Gasteiger partial charge < -0.3 is 15.0 Å². The number of rotatable bonds is 7. The third-order valence-corrected chi connectivity index (χ3v) is 2.33. The summed E-state index contributed by atoms with van der Waals surface area (Å²) in [6.45, 7) is 3.57. The second-order valence-electron chi connectivity index (χ2n) is 4.22. The Kier molecular flexibility index (Phi) is 6.08. The van der Waals surface area contributed by atoms with Crippen LogP contribution >= 0.6 is 0 Å². The van der Waals surface area contributed by atoms with Crippen molar-refractivity contribution in [3.8, 4) is 0 Å². The molecule has 0 fully saturated rings. The van der Waals surface area contributed by atoms with E-state index in [1.807, 2.05) is 0 Å². The predicted molar refractivity (Wildman–Crippen MR) is 67.4 cm³/mol. The van der Waals surface area contributed by atoms with Crippen LogP contribution in [0.3, 0.4) is 0 Å². The molecule has 0 unspecified atom stereocenters. The number of methoxy groups -OCH3 is 1. The summed E-state index contributed by atoms with van der Waals surface area (Å²) < 4.78 is 4.97. The molecule has 0 amide bonds. The molecule has 0 aliphatic rings. The van der Waals surface area contributed by atoms with Crippen LogP contribution in [-0.2, 0) is 17.8 Å². The van der Waals surface area contributed by atoms with E-state index in [0.29, 0.717) is 0 Å². The second kappa shape index (κ2) is 7.39. The smallest absolute Gasteiger partial charge is 0.0587 e. The Balaban J connectivity index is 2.33. The van der Waals surface area contributed by atoms with Crippen LogP contribution in [0.15, 0.2) is 24.3 Å². The number of hydrogen-bond donors (Lipinski definition) is 1. The van der Waals surface area contributed by atoms with Gasteiger partial charge in [0.25, 0.3) is 0 Å². The Morgan fingerprint density at radius 3 is 2.31 bits per heavy atom. The molecule has 0 heterocycles. The summed E-state index contributed by atoms with van der Waals surface area (Å²) in [4.78, 5) is 2.17. The molecule has 0 aliphatic carbocycles. The average Bonchev–Trinajstić information content (AvgIpc) is 2.26. The molecule has 0 bridgehead atoms. The molecule has 0 radical (unpaired) electrons. The number of nitrogens with zero attached hydrogens (tertiary/aromatic N) is 1.